The van der Waals surface area contributed by atoms with Crippen LogP contribution >= 0.6 is 11.3 Å². The molecule has 1 aliphatic heterocycles. The minimum atomic E-state index is -0.863. The highest BCUT2D eigenvalue weighted by atomic mass is 32.1. The second-order valence-electron chi connectivity index (χ2n) is 7.51. The van der Waals surface area contributed by atoms with E-state index in [0.717, 1.165) is 34.0 Å². The Morgan fingerprint density at radius 3 is 2.47 bits per heavy atom. The number of nitrogens with one attached hydrogen (secondary N) is 1. The van der Waals surface area contributed by atoms with Crippen LogP contribution in [-0.2, 0) is 4.79 Å². The maximum atomic E-state index is 12.6. The lowest BCUT2D eigenvalue weighted by atomic mass is 9.98. The Kier molecular flexibility index (Phi) is 5.31. The van der Waals surface area contributed by atoms with E-state index in [1.165, 1.54) is 23.5 Å². The molecule has 1 aromatic heterocycles. The van der Waals surface area contributed by atoms with Gasteiger partial charge in [-0.2, -0.15) is 0 Å². The van der Waals surface area contributed by atoms with Crippen molar-refractivity contribution in [3.63, 3.8) is 0 Å². The van der Waals surface area contributed by atoms with Crippen LogP contribution in [0.2, 0.25) is 0 Å². The zero-order chi connectivity index (χ0) is 23.2. The molecule has 3 aromatic rings. The number of aryl methyl sites for hydroxylation is 3. The van der Waals surface area contributed by atoms with E-state index in [-0.39, 0.29) is 11.1 Å². The van der Waals surface area contributed by atoms with Crippen molar-refractivity contribution >= 4 is 39.9 Å². The monoisotopic (exact) mass is 450 g/mol. The molecule has 0 atom stereocenters. The summed E-state index contributed by atoms with van der Waals surface area (Å²) in [5.74, 6) is -2.23. The zero-order valence-electron chi connectivity index (χ0n) is 17.5. The molecule has 32 heavy (non-hydrogen) atoms. The van der Waals surface area contributed by atoms with Crippen molar-refractivity contribution in [2.75, 3.05) is 11.9 Å². The normalized spacial score (nSPS) is 12.8. The van der Waals surface area contributed by atoms with Gasteiger partial charge in [-0.1, -0.05) is 23.8 Å². The van der Waals surface area contributed by atoms with E-state index in [1.54, 1.807) is 0 Å². The van der Waals surface area contributed by atoms with Gasteiger partial charge in [-0.25, -0.2) is 4.98 Å². The summed E-state index contributed by atoms with van der Waals surface area (Å²) >= 11 is 1.23. The van der Waals surface area contributed by atoms with Gasteiger partial charge >= 0.3 is 0 Å². The molecule has 1 N–H and O–H groups in total. The molecular weight excluding hydrogens is 432 g/mol. The Labute approximate surface area is 186 Å². The highest BCUT2D eigenvalue weighted by Gasteiger charge is 2.41. The molecule has 0 saturated carbocycles. The molecule has 2 heterocycles. The maximum absolute atomic E-state index is 12.6. The van der Waals surface area contributed by atoms with Gasteiger partial charge in [-0.05, 0) is 38.0 Å². The zero-order valence-corrected chi connectivity index (χ0v) is 18.3. The molecule has 0 spiro atoms. The quantitative estimate of drug-likeness (QED) is 0.358. The van der Waals surface area contributed by atoms with Crippen molar-refractivity contribution in [3.8, 4) is 11.3 Å². The molecule has 0 unspecified atom stereocenters. The van der Waals surface area contributed by atoms with E-state index in [4.69, 9.17) is 0 Å². The lowest BCUT2D eigenvalue weighted by molar-refractivity contribution is -0.385. The second-order valence-corrected chi connectivity index (χ2v) is 8.37. The summed E-state index contributed by atoms with van der Waals surface area (Å²) in [4.78, 5) is 53.4. The van der Waals surface area contributed by atoms with Gasteiger partial charge in [0, 0.05) is 17.0 Å². The summed E-state index contributed by atoms with van der Waals surface area (Å²) in [5, 5.41) is 16.0. The number of nitro benzene ring substituents is 1. The predicted octanol–water partition coefficient (Wildman–Crippen LogP) is 3.88. The lowest BCUT2D eigenvalue weighted by Gasteiger charge is -2.12. The average Bonchev–Trinajstić information content (AvgIpc) is 3.25. The molecule has 0 bridgehead atoms. The molecule has 2 aromatic carbocycles. The number of benzene rings is 2. The first-order chi connectivity index (χ1) is 15.2. The summed E-state index contributed by atoms with van der Waals surface area (Å²) < 4.78 is 0. The van der Waals surface area contributed by atoms with Gasteiger partial charge in [0.2, 0.25) is 5.91 Å². The van der Waals surface area contributed by atoms with Crippen LogP contribution in [0.15, 0.2) is 35.7 Å². The second kappa shape index (κ2) is 7.97. The third kappa shape index (κ3) is 3.65. The van der Waals surface area contributed by atoms with E-state index >= 15 is 0 Å². The van der Waals surface area contributed by atoms with Crippen molar-refractivity contribution in [3.05, 3.63) is 73.6 Å². The lowest BCUT2D eigenvalue weighted by Crippen LogP contribution is -2.37. The van der Waals surface area contributed by atoms with Crippen molar-refractivity contribution in [1.29, 1.82) is 0 Å². The third-order valence-corrected chi connectivity index (χ3v) is 5.92. The molecule has 0 radical (unpaired) electrons. The predicted molar refractivity (Wildman–Crippen MR) is 119 cm³/mol. The van der Waals surface area contributed by atoms with Crippen molar-refractivity contribution in [2.24, 2.45) is 0 Å². The number of hydrogen-bond donors (Lipinski definition) is 1. The fourth-order valence-corrected chi connectivity index (χ4v) is 4.66. The van der Waals surface area contributed by atoms with Crippen LogP contribution in [0.1, 0.15) is 37.4 Å². The van der Waals surface area contributed by atoms with E-state index in [0.29, 0.717) is 10.0 Å². The number of thiazole rings is 1. The van der Waals surface area contributed by atoms with Gasteiger partial charge in [0.1, 0.15) is 12.1 Å². The molecule has 3 amide bonds. The van der Waals surface area contributed by atoms with Gasteiger partial charge in [0.05, 0.1) is 16.2 Å². The van der Waals surface area contributed by atoms with E-state index in [9.17, 15) is 24.5 Å². The highest BCUT2D eigenvalue weighted by molar-refractivity contribution is 7.14. The number of aromatic nitrogens is 1. The van der Waals surface area contributed by atoms with Crippen LogP contribution in [0, 0.1) is 30.9 Å². The molecular formula is C22H18N4O5S. The summed E-state index contributed by atoms with van der Waals surface area (Å²) in [6, 6.07) is 7.93. The fraction of sp³-hybridized carbons (Fsp3) is 0.182. The van der Waals surface area contributed by atoms with Gasteiger partial charge in [-0.3, -0.25) is 29.4 Å². The first-order valence-corrected chi connectivity index (χ1v) is 10.5. The van der Waals surface area contributed by atoms with Crippen LogP contribution in [-0.4, -0.2) is 39.1 Å². The molecule has 9 nitrogen and oxygen atoms in total. The van der Waals surface area contributed by atoms with E-state index in [2.05, 4.69) is 22.4 Å². The first-order valence-electron chi connectivity index (χ1n) is 9.64. The largest absolute Gasteiger partial charge is 0.300 e. The Bertz CT molecular complexity index is 1290. The molecule has 0 fully saturated rings. The Morgan fingerprint density at radius 2 is 1.81 bits per heavy atom. The fourth-order valence-electron chi connectivity index (χ4n) is 3.94. The number of anilines is 1. The number of carbonyl (C=O) groups excluding carboxylic acids is 3. The Balaban J connectivity index is 1.51. The molecule has 10 heteroatoms. The standard InChI is InChI=1S/C22H18N4O5S/c1-11-7-12(2)18(13(3)8-11)15-10-32-22(23-15)24-17(27)9-25-20(28)14-5-4-6-16(26(30)31)19(14)21(25)29/h4-8,10H,9H2,1-3H3,(H,23,24,27). The van der Waals surface area contributed by atoms with Gasteiger partial charge in [-0.15, -0.1) is 11.3 Å². The smallest absolute Gasteiger partial charge is 0.282 e. The van der Waals surface area contributed by atoms with Crippen molar-refractivity contribution in [2.45, 2.75) is 20.8 Å². The minimum Gasteiger partial charge on any atom is -0.300 e. The van der Waals surface area contributed by atoms with Crippen LogP contribution in [0.4, 0.5) is 10.8 Å². The van der Waals surface area contributed by atoms with Crippen LogP contribution in [0.25, 0.3) is 11.3 Å². The molecule has 0 saturated heterocycles. The number of amides is 3. The number of nitrogens with zero attached hydrogens (tertiary/aromatic N) is 3. The summed E-state index contributed by atoms with van der Waals surface area (Å²) in [7, 11) is 0. The molecule has 1 aliphatic rings. The number of imide groups is 1. The summed E-state index contributed by atoms with van der Waals surface area (Å²) in [5.41, 5.74) is 4.15. The van der Waals surface area contributed by atoms with Crippen LogP contribution < -0.4 is 5.32 Å². The first kappa shape index (κ1) is 21.3. The topological polar surface area (TPSA) is 123 Å². The average molecular weight is 450 g/mol. The van der Waals surface area contributed by atoms with Crippen molar-refractivity contribution in [1.82, 2.24) is 9.88 Å². The SMILES string of the molecule is Cc1cc(C)c(-c2csc(NC(=O)CN3C(=O)c4cccc([N+](=O)[O-])c4C3=O)n2)c(C)c1. The van der Waals surface area contributed by atoms with Crippen LogP contribution in [0.5, 0.6) is 0 Å². The van der Waals surface area contributed by atoms with Gasteiger partial charge in [0.25, 0.3) is 17.5 Å². The number of rotatable bonds is 5. The van der Waals surface area contributed by atoms with E-state index in [1.807, 2.05) is 26.2 Å². The van der Waals surface area contributed by atoms with E-state index < -0.39 is 34.9 Å². The summed E-state index contributed by atoms with van der Waals surface area (Å²) in [6.07, 6.45) is 0. The van der Waals surface area contributed by atoms with Crippen molar-refractivity contribution < 1.29 is 19.3 Å². The summed E-state index contributed by atoms with van der Waals surface area (Å²) in [6.45, 7) is 5.44. The van der Waals surface area contributed by atoms with Gasteiger partial charge < -0.3 is 5.32 Å². The highest BCUT2D eigenvalue weighted by Crippen LogP contribution is 2.32. The number of hydrogen-bond acceptors (Lipinski definition) is 7. The van der Waals surface area contributed by atoms with Gasteiger partial charge in [0.15, 0.2) is 5.13 Å². The Morgan fingerprint density at radius 1 is 1.12 bits per heavy atom. The molecule has 162 valence electrons. The number of fused-ring (bicyclic) bond motifs is 1. The maximum Gasteiger partial charge on any atom is 0.282 e. The van der Waals surface area contributed by atoms with Crippen LogP contribution in [0.3, 0.4) is 0 Å². The number of carbonyl (C=O) groups is 3. The molecule has 4 rings (SSSR count). The minimum absolute atomic E-state index is 0.0844. The molecule has 0 aliphatic carbocycles. The number of nitro groups is 1. The Hall–Kier alpha value is -3.92. The third-order valence-electron chi connectivity index (χ3n) is 5.16.